The van der Waals surface area contributed by atoms with E-state index >= 15 is 0 Å². The third-order valence-corrected chi connectivity index (χ3v) is 4.18. The summed E-state index contributed by atoms with van der Waals surface area (Å²) in [6.45, 7) is 8.37. The van der Waals surface area contributed by atoms with Gasteiger partial charge < -0.3 is 20.5 Å². The first kappa shape index (κ1) is 24.7. The van der Waals surface area contributed by atoms with Crippen LogP contribution >= 0.6 is 24.0 Å². The van der Waals surface area contributed by atoms with Crippen LogP contribution in [0.1, 0.15) is 37.8 Å². The molecule has 0 radical (unpaired) electrons. The number of nitrogens with zero attached hydrogens (tertiary/aromatic N) is 3. The molecule has 1 aromatic carbocycles. The average Bonchev–Trinajstić information content (AvgIpc) is 3.11. The number of nitrogens with one attached hydrogen (secondary N) is 3. The highest BCUT2D eigenvalue weighted by Crippen LogP contribution is 2.22. The van der Waals surface area contributed by atoms with Gasteiger partial charge in [-0.1, -0.05) is 31.1 Å². The molecule has 2 rings (SSSR count). The van der Waals surface area contributed by atoms with Crippen LogP contribution in [0.5, 0.6) is 0 Å². The van der Waals surface area contributed by atoms with Gasteiger partial charge in [-0.25, -0.2) is 4.99 Å². The lowest BCUT2D eigenvalue weighted by Crippen LogP contribution is -2.39. The quantitative estimate of drug-likeness (QED) is 0.111. The number of nitro groups is 1. The molecule has 1 heterocycles. The van der Waals surface area contributed by atoms with E-state index in [0.29, 0.717) is 31.3 Å². The molecule has 0 spiro atoms. The fraction of sp³-hybridized carbons (Fsp3) is 0.474. The van der Waals surface area contributed by atoms with Crippen LogP contribution in [0.3, 0.4) is 0 Å². The van der Waals surface area contributed by atoms with E-state index in [1.807, 2.05) is 20.8 Å². The number of aromatic nitrogens is 1. The molecule has 3 N–H and O–H groups in total. The molecule has 0 aliphatic carbocycles. The second-order valence-corrected chi connectivity index (χ2v) is 6.06. The van der Waals surface area contributed by atoms with Gasteiger partial charge in [-0.3, -0.25) is 10.1 Å². The Hall–Kier alpha value is -2.37. The summed E-state index contributed by atoms with van der Waals surface area (Å²) in [5.41, 5.74) is 2.55. The molecular weight excluding hydrogens is 487 g/mol. The number of nitro benzene ring substituents is 1. The number of rotatable bonds is 10. The van der Waals surface area contributed by atoms with Crippen molar-refractivity contribution in [3.05, 3.63) is 51.4 Å². The van der Waals surface area contributed by atoms with Crippen LogP contribution in [0.25, 0.3) is 0 Å². The highest BCUT2D eigenvalue weighted by Gasteiger charge is 2.13. The second kappa shape index (κ2) is 13.0. The highest BCUT2D eigenvalue weighted by molar-refractivity contribution is 14.0. The Morgan fingerprint density at radius 2 is 1.93 bits per heavy atom. The molecule has 0 aliphatic heterocycles. The Morgan fingerprint density at radius 1 is 1.17 bits per heavy atom. The molecule has 0 saturated carbocycles. The molecule has 9 nitrogen and oxygen atoms in total. The monoisotopic (exact) mass is 516 g/mol. The number of para-hydroxylation sites is 2. The molecule has 160 valence electrons. The van der Waals surface area contributed by atoms with Crippen molar-refractivity contribution in [3.8, 4) is 0 Å². The highest BCUT2D eigenvalue weighted by atomic mass is 127. The zero-order valence-corrected chi connectivity index (χ0v) is 19.4. The van der Waals surface area contributed by atoms with Gasteiger partial charge >= 0.3 is 0 Å². The third kappa shape index (κ3) is 7.18. The largest absolute Gasteiger partial charge is 0.378 e. The molecule has 0 aliphatic rings. The standard InChI is InChI=1S/C19H28N6O3.HI/c1-4-15-14(18(5-2)28-24-15)13-23-19(20-6-3)22-12-11-21-16-9-7-8-10-17(16)25(26)27;/h7-10,21H,4-6,11-13H2,1-3H3,(H2,20,22,23);1H. The summed E-state index contributed by atoms with van der Waals surface area (Å²) in [4.78, 5) is 15.3. The van der Waals surface area contributed by atoms with Crippen molar-refractivity contribution in [1.29, 1.82) is 0 Å². The zero-order valence-electron chi connectivity index (χ0n) is 17.0. The summed E-state index contributed by atoms with van der Waals surface area (Å²) >= 11 is 0. The third-order valence-electron chi connectivity index (χ3n) is 4.18. The van der Waals surface area contributed by atoms with Gasteiger partial charge in [-0.05, 0) is 19.4 Å². The van der Waals surface area contributed by atoms with Gasteiger partial charge in [0.1, 0.15) is 11.4 Å². The van der Waals surface area contributed by atoms with E-state index in [0.717, 1.165) is 36.4 Å². The van der Waals surface area contributed by atoms with Crippen LogP contribution in [0.4, 0.5) is 11.4 Å². The minimum absolute atomic E-state index is 0. The van der Waals surface area contributed by atoms with Crippen molar-refractivity contribution in [3.63, 3.8) is 0 Å². The van der Waals surface area contributed by atoms with Crippen LogP contribution < -0.4 is 16.0 Å². The van der Waals surface area contributed by atoms with Crippen LogP contribution in [0.15, 0.2) is 33.8 Å². The van der Waals surface area contributed by atoms with E-state index in [-0.39, 0.29) is 29.7 Å². The van der Waals surface area contributed by atoms with E-state index in [1.165, 1.54) is 6.07 Å². The molecule has 29 heavy (non-hydrogen) atoms. The fourth-order valence-electron chi connectivity index (χ4n) is 2.78. The number of halogens is 1. The lowest BCUT2D eigenvalue weighted by molar-refractivity contribution is -0.384. The minimum Gasteiger partial charge on any atom is -0.378 e. The topological polar surface area (TPSA) is 118 Å². The number of anilines is 1. The minimum atomic E-state index is -0.392. The Kier molecular flexibility index (Phi) is 11.0. The van der Waals surface area contributed by atoms with Gasteiger partial charge in [-0.15, -0.1) is 24.0 Å². The summed E-state index contributed by atoms with van der Waals surface area (Å²) in [5, 5.41) is 24.7. The first-order valence-electron chi connectivity index (χ1n) is 9.56. The lowest BCUT2D eigenvalue weighted by atomic mass is 10.1. The SMILES string of the molecule is CCNC(=NCc1c(CC)noc1CC)NCCNc1ccccc1[N+](=O)[O-].I. The lowest BCUT2D eigenvalue weighted by Gasteiger charge is -2.12. The first-order chi connectivity index (χ1) is 13.6. The predicted octanol–water partition coefficient (Wildman–Crippen LogP) is 3.49. The first-order valence-corrected chi connectivity index (χ1v) is 9.56. The maximum atomic E-state index is 11.1. The smallest absolute Gasteiger partial charge is 0.292 e. The number of benzene rings is 1. The summed E-state index contributed by atoms with van der Waals surface area (Å²) in [6, 6.07) is 6.60. The maximum absolute atomic E-state index is 11.1. The number of aliphatic imine (C=N–C) groups is 1. The molecule has 0 saturated heterocycles. The number of hydrogen-bond donors (Lipinski definition) is 3. The molecule has 1 aromatic heterocycles. The van der Waals surface area contributed by atoms with Gasteiger partial charge in [0.25, 0.3) is 5.69 Å². The molecule has 0 fully saturated rings. The van der Waals surface area contributed by atoms with Gasteiger partial charge in [0.2, 0.25) is 0 Å². The molecule has 10 heteroatoms. The van der Waals surface area contributed by atoms with Crippen LogP contribution in [0.2, 0.25) is 0 Å². The number of hydrogen-bond acceptors (Lipinski definition) is 6. The van der Waals surface area contributed by atoms with Crippen molar-refractivity contribution >= 4 is 41.3 Å². The summed E-state index contributed by atoms with van der Waals surface area (Å²) in [5.74, 6) is 1.55. The van der Waals surface area contributed by atoms with Crippen molar-refractivity contribution in [1.82, 2.24) is 15.8 Å². The molecule has 0 unspecified atom stereocenters. The number of guanidine groups is 1. The predicted molar refractivity (Wildman–Crippen MR) is 125 cm³/mol. The van der Waals surface area contributed by atoms with Crippen molar-refractivity contribution in [2.75, 3.05) is 25.0 Å². The summed E-state index contributed by atoms with van der Waals surface area (Å²) in [6.07, 6.45) is 1.58. The van der Waals surface area contributed by atoms with Crippen LogP contribution in [-0.2, 0) is 19.4 Å². The van der Waals surface area contributed by atoms with Gasteiger partial charge in [0.05, 0.1) is 17.2 Å². The maximum Gasteiger partial charge on any atom is 0.292 e. The Morgan fingerprint density at radius 3 is 2.59 bits per heavy atom. The molecular formula is C19H29IN6O3. The zero-order chi connectivity index (χ0) is 20.4. The normalized spacial score (nSPS) is 10.9. The van der Waals surface area contributed by atoms with E-state index in [2.05, 4.69) is 26.1 Å². The molecule has 0 bridgehead atoms. The Balaban J connectivity index is 0.00000420. The van der Waals surface area contributed by atoms with Crippen molar-refractivity contribution in [2.24, 2.45) is 4.99 Å². The molecule has 0 amide bonds. The van der Waals surface area contributed by atoms with Gasteiger partial charge in [0, 0.05) is 37.7 Å². The summed E-state index contributed by atoms with van der Waals surface area (Å²) < 4.78 is 5.38. The molecule has 0 atom stereocenters. The van der Waals surface area contributed by atoms with Crippen LogP contribution in [0, 0.1) is 10.1 Å². The van der Waals surface area contributed by atoms with Gasteiger partial charge in [0.15, 0.2) is 5.96 Å². The average molecular weight is 516 g/mol. The van der Waals surface area contributed by atoms with Crippen molar-refractivity contribution < 1.29 is 9.45 Å². The van der Waals surface area contributed by atoms with Crippen molar-refractivity contribution in [2.45, 2.75) is 40.2 Å². The van der Waals surface area contributed by atoms with Crippen LogP contribution in [-0.4, -0.2) is 35.7 Å². The molecule has 2 aromatic rings. The fourth-order valence-corrected chi connectivity index (χ4v) is 2.78. The summed E-state index contributed by atoms with van der Waals surface area (Å²) in [7, 11) is 0. The number of aryl methyl sites for hydroxylation is 2. The van der Waals surface area contributed by atoms with E-state index < -0.39 is 4.92 Å². The van der Waals surface area contributed by atoms with E-state index in [9.17, 15) is 10.1 Å². The second-order valence-electron chi connectivity index (χ2n) is 6.06. The Labute approximate surface area is 187 Å². The van der Waals surface area contributed by atoms with E-state index in [4.69, 9.17) is 4.52 Å². The van der Waals surface area contributed by atoms with Gasteiger partial charge in [-0.2, -0.15) is 0 Å². The van der Waals surface area contributed by atoms with E-state index in [1.54, 1.807) is 18.2 Å². The Bertz CT molecular complexity index is 787.